The quantitative estimate of drug-likeness (QED) is 0.621. The maximum absolute atomic E-state index is 11.6. The Labute approximate surface area is 107 Å². The third-order valence-electron chi connectivity index (χ3n) is 2.92. The zero-order chi connectivity index (χ0) is 11.8. The fourth-order valence-corrected chi connectivity index (χ4v) is 4.19. The second-order valence-electron chi connectivity index (χ2n) is 4.09. The summed E-state index contributed by atoms with van der Waals surface area (Å²) in [5.41, 5.74) is 1.55. The number of hydrogen-bond acceptors (Lipinski definition) is 3. The Kier molecular flexibility index (Phi) is 3.59. The van der Waals surface area contributed by atoms with Gasteiger partial charge in [0.25, 0.3) is 0 Å². The van der Waals surface area contributed by atoms with Crippen molar-refractivity contribution >= 4 is 27.1 Å². The molecule has 1 aliphatic rings. The highest BCUT2D eigenvalue weighted by atomic mass is 79.9. The molecule has 0 amide bonds. The summed E-state index contributed by atoms with van der Waals surface area (Å²) in [7, 11) is 1.67. The predicted octanol–water partition coefficient (Wildman–Crippen LogP) is 2.15. The van der Waals surface area contributed by atoms with Gasteiger partial charge in [0.15, 0.2) is 5.60 Å². The van der Waals surface area contributed by atoms with Crippen molar-refractivity contribution in [3.63, 3.8) is 0 Å². The lowest BCUT2D eigenvalue weighted by molar-refractivity contribution is 0.00482. The number of methoxy groups -OCH3 is 1. The maximum atomic E-state index is 11.6. The van der Waals surface area contributed by atoms with Crippen molar-refractivity contribution in [2.75, 3.05) is 18.6 Å². The number of ether oxygens (including phenoxy) is 1. The molecule has 1 aromatic heterocycles. The Morgan fingerprint density at radius 3 is 2.81 bits per heavy atom. The van der Waals surface area contributed by atoms with E-state index >= 15 is 0 Å². The molecule has 88 valence electrons. The van der Waals surface area contributed by atoms with E-state index in [-0.39, 0.29) is 0 Å². The topological polar surface area (TPSA) is 45.2 Å². The normalized spacial score (nSPS) is 29.6. The van der Waals surface area contributed by atoms with Crippen LogP contribution in [0.4, 0.5) is 0 Å². The zero-order valence-corrected chi connectivity index (χ0v) is 11.7. The molecule has 0 N–H and O–H groups in total. The molecule has 0 radical (unpaired) electrons. The molecule has 0 spiro atoms. The van der Waals surface area contributed by atoms with Crippen LogP contribution in [0.3, 0.4) is 0 Å². The Balaban J connectivity index is 2.40. The highest BCUT2D eigenvalue weighted by Gasteiger charge is 2.45. The number of halogens is 1. The Hall–Kier alpha value is -0.100. The van der Waals surface area contributed by atoms with E-state index in [1.54, 1.807) is 7.11 Å². The van der Waals surface area contributed by atoms with E-state index in [4.69, 9.17) is 4.74 Å². The van der Waals surface area contributed by atoms with Crippen LogP contribution in [0.2, 0.25) is 0 Å². The summed E-state index contributed by atoms with van der Waals surface area (Å²) < 4.78 is 17.9. The first-order valence-corrected chi connectivity index (χ1v) is 7.39. The molecular formula is C11H14BrNO2S. The Morgan fingerprint density at radius 1 is 1.56 bits per heavy atom. The molecule has 0 aliphatic carbocycles. The average Bonchev–Trinajstić information content (AvgIpc) is 2.60. The smallest absolute Gasteiger partial charge is 0.158 e. The van der Waals surface area contributed by atoms with Crippen LogP contribution in [0.1, 0.15) is 17.7 Å². The van der Waals surface area contributed by atoms with Gasteiger partial charge < -0.3 is 9.29 Å². The van der Waals surface area contributed by atoms with Crippen molar-refractivity contribution in [2.45, 2.75) is 18.9 Å². The minimum absolute atomic E-state index is 0.459. The first-order valence-electron chi connectivity index (χ1n) is 5.10. The van der Waals surface area contributed by atoms with E-state index in [0.29, 0.717) is 11.5 Å². The summed E-state index contributed by atoms with van der Waals surface area (Å²) in [5.74, 6) is 1.24. The van der Waals surface area contributed by atoms with Crippen molar-refractivity contribution in [3.8, 4) is 0 Å². The highest BCUT2D eigenvalue weighted by molar-refractivity contribution is 9.10. The molecule has 2 rings (SSSR count). The molecule has 1 fully saturated rings. The molecule has 0 bridgehead atoms. The molecule has 0 saturated carbocycles. The minimum Gasteiger partial charge on any atom is -0.616 e. The van der Waals surface area contributed by atoms with Gasteiger partial charge in [-0.2, -0.15) is 0 Å². The largest absolute Gasteiger partial charge is 0.616 e. The van der Waals surface area contributed by atoms with Gasteiger partial charge in [-0.1, -0.05) is 11.2 Å². The molecule has 1 aromatic rings. The molecule has 2 unspecified atom stereocenters. The lowest BCUT2D eigenvalue weighted by Gasteiger charge is -2.24. The third kappa shape index (κ3) is 2.27. The van der Waals surface area contributed by atoms with Crippen LogP contribution < -0.4 is 0 Å². The monoisotopic (exact) mass is 303 g/mol. The van der Waals surface area contributed by atoms with Crippen LogP contribution in [0.5, 0.6) is 0 Å². The molecule has 0 aromatic carbocycles. The molecule has 1 aliphatic heterocycles. The van der Waals surface area contributed by atoms with Gasteiger partial charge in [-0.15, -0.1) is 0 Å². The van der Waals surface area contributed by atoms with E-state index in [1.807, 2.05) is 19.1 Å². The standard InChI is InChI=1S/C11H14BrNO2S/c1-8-5-9(13-10(12)6-8)11(15-2)3-4-16(14)7-11/h5-6H,3-4,7H2,1-2H3. The van der Waals surface area contributed by atoms with Gasteiger partial charge in [0.05, 0.1) is 5.69 Å². The second-order valence-corrected chi connectivity index (χ2v) is 6.48. The number of aromatic nitrogens is 1. The van der Waals surface area contributed by atoms with E-state index in [1.165, 1.54) is 0 Å². The Bertz CT molecular complexity index is 381. The van der Waals surface area contributed by atoms with E-state index < -0.39 is 16.8 Å². The lowest BCUT2D eigenvalue weighted by Crippen LogP contribution is -2.31. The van der Waals surface area contributed by atoms with Crippen LogP contribution in [0, 0.1) is 6.92 Å². The fraction of sp³-hybridized carbons (Fsp3) is 0.545. The number of pyridine rings is 1. The number of nitrogens with zero attached hydrogens (tertiary/aromatic N) is 1. The van der Waals surface area contributed by atoms with E-state index in [9.17, 15) is 4.55 Å². The van der Waals surface area contributed by atoms with Gasteiger partial charge in [0, 0.05) is 13.5 Å². The molecule has 5 heteroatoms. The van der Waals surface area contributed by atoms with Gasteiger partial charge in [0.2, 0.25) is 0 Å². The van der Waals surface area contributed by atoms with Crippen molar-refractivity contribution in [3.05, 3.63) is 28.0 Å². The molecule has 16 heavy (non-hydrogen) atoms. The fourth-order valence-electron chi connectivity index (χ4n) is 2.01. The van der Waals surface area contributed by atoms with Crippen LogP contribution in [0.15, 0.2) is 16.7 Å². The maximum Gasteiger partial charge on any atom is 0.158 e. The van der Waals surface area contributed by atoms with Crippen LogP contribution in [0.25, 0.3) is 0 Å². The summed E-state index contributed by atoms with van der Waals surface area (Å²) in [4.78, 5) is 4.45. The van der Waals surface area contributed by atoms with Gasteiger partial charge in [-0.25, -0.2) is 4.98 Å². The molecule has 2 atom stereocenters. The van der Waals surface area contributed by atoms with Gasteiger partial charge >= 0.3 is 0 Å². The third-order valence-corrected chi connectivity index (χ3v) is 4.78. The molecule has 2 heterocycles. The van der Waals surface area contributed by atoms with E-state index in [0.717, 1.165) is 22.3 Å². The molecule has 1 saturated heterocycles. The number of hydrogen-bond donors (Lipinski definition) is 0. The van der Waals surface area contributed by atoms with Gasteiger partial charge in [-0.3, -0.25) is 0 Å². The first kappa shape index (κ1) is 12.4. The van der Waals surface area contributed by atoms with E-state index in [2.05, 4.69) is 20.9 Å². The van der Waals surface area contributed by atoms with Crippen molar-refractivity contribution in [1.82, 2.24) is 4.98 Å². The van der Waals surface area contributed by atoms with Crippen molar-refractivity contribution in [2.24, 2.45) is 0 Å². The molecule has 3 nitrogen and oxygen atoms in total. The predicted molar refractivity (Wildman–Crippen MR) is 67.9 cm³/mol. The minimum atomic E-state index is -0.786. The average molecular weight is 304 g/mol. The lowest BCUT2D eigenvalue weighted by atomic mass is 9.97. The first-order chi connectivity index (χ1) is 7.55. The summed E-state index contributed by atoms with van der Waals surface area (Å²) in [6.07, 6.45) is 0.777. The highest BCUT2D eigenvalue weighted by Crippen LogP contribution is 2.36. The zero-order valence-electron chi connectivity index (χ0n) is 9.33. The van der Waals surface area contributed by atoms with Gasteiger partial charge in [-0.05, 0) is 40.5 Å². The summed E-state index contributed by atoms with van der Waals surface area (Å²) in [6.45, 7) is 2.02. The summed E-state index contributed by atoms with van der Waals surface area (Å²) in [6, 6.07) is 3.97. The summed E-state index contributed by atoms with van der Waals surface area (Å²) in [5, 5.41) is 0. The van der Waals surface area contributed by atoms with Crippen LogP contribution >= 0.6 is 15.9 Å². The summed E-state index contributed by atoms with van der Waals surface area (Å²) >= 11 is 2.60. The van der Waals surface area contributed by atoms with Crippen molar-refractivity contribution < 1.29 is 9.29 Å². The molecular weight excluding hydrogens is 290 g/mol. The number of aryl methyl sites for hydroxylation is 1. The van der Waals surface area contributed by atoms with Crippen LogP contribution in [-0.2, 0) is 21.5 Å². The SMILES string of the molecule is COC1(c2cc(C)cc(Br)n2)CC[S+]([O-])C1. The second kappa shape index (κ2) is 4.64. The Morgan fingerprint density at radius 2 is 2.31 bits per heavy atom. The van der Waals surface area contributed by atoms with Crippen molar-refractivity contribution in [1.29, 1.82) is 0 Å². The van der Waals surface area contributed by atoms with Crippen LogP contribution in [-0.4, -0.2) is 28.2 Å². The number of rotatable bonds is 2. The van der Waals surface area contributed by atoms with Gasteiger partial charge in [0.1, 0.15) is 16.1 Å².